The van der Waals surface area contributed by atoms with E-state index in [2.05, 4.69) is 0 Å². The third kappa shape index (κ3) is 3.15. The molecule has 2 rings (SSSR count). The number of alkyl halides is 1. The van der Waals surface area contributed by atoms with E-state index < -0.39 is 9.84 Å². The average Bonchev–Trinajstić information content (AvgIpc) is 2.79. The Morgan fingerprint density at radius 2 is 2.10 bits per heavy atom. The highest BCUT2D eigenvalue weighted by Crippen LogP contribution is 2.28. The molecular weight excluding hydrogens is 298 g/mol. The summed E-state index contributed by atoms with van der Waals surface area (Å²) in [6.07, 6.45) is 1.25. The van der Waals surface area contributed by atoms with Crippen molar-refractivity contribution < 1.29 is 13.2 Å². The quantitative estimate of drug-likeness (QED) is 0.799. The summed E-state index contributed by atoms with van der Waals surface area (Å²) >= 11 is 5.70. The van der Waals surface area contributed by atoms with Crippen molar-refractivity contribution in [2.24, 2.45) is 0 Å². The van der Waals surface area contributed by atoms with Gasteiger partial charge in [0.15, 0.2) is 9.84 Å². The predicted molar refractivity (Wildman–Crippen MR) is 81.1 cm³/mol. The number of aryl methyl sites for hydroxylation is 1. The van der Waals surface area contributed by atoms with Crippen molar-refractivity contribution in [2.45, 2.75) is 25.8 Å². The maximum absolute atomic E-state index is 12.2. The molecule has 0 radical (unpaired) electrons. The highest BCUT2D eigenvalue weighted by molar-refractivity contribution is 7.91. The Labute approximate surface area is 124 Å². The van der Waals surface area contributed by atoms with Crippen molar-refractivity contribution in [3.63, 3.8) is 0 Å². The van der Waals surface area contributed by atoms with Gasteiger partial charge >= 0.3 is 0 Å². The van der Waals surface area contributed by atoms with Gasteiger partial charge < -0.3 is 4.90 Å². The molecule has 6 heteroatoms. The normalized spacial score (nSPS) is 20.8. The molecule has 0 N–H and O–H groups in total. The number of sulfone groups is 1. The maximum Gasteiger partial charge on any atom is 0.242 e. The monoisotopic (exact) mass is 315 g/mol. The Kier molecular flexibility index (Phi) is 4.70. The molecule has 1 aliphatic heterocycles. The molecule has 4 nitrogen and oxygen atoms in total. The van der Waals surface area contributed by atoms with Gasteiger partial charge in [0.1, 0.15) is 5.88 Å². The number of benzene rings is 1. The van der Waals surface area contributed by atoms with Gasteiger partial charge in [-0.05, 0) is 24.5 Å². The molecular formula is C14H18ClNO3S. The van der Waals surface area contributed by atoms with Crippen molar-refractivity contribution in [3.8, 4) is 0 Å². The highest BCUT2D eigenvalue weighted by atomic mass is 35.5. The van der Waals surface area contributed by atoms with Gasteiger partial charge in [0.25, 0.3) is 0 Å². The summed E-state index contributed by atoms with van der Waals surface area (Å²) in [5.41, 5.74) is 1.80. The second-order valence-corrected chi connectivity index (χ2v) is 7.43. The molecule has 1 atom stereocenters. The molecule has 1 heterocycles. The number of halogens is 1. The predicted octanol–water partition coefficient (Wildman–Crippen LogP) is 2.01. The molecule has 1 amide bonds. The smallest absolute Gasteiger partial charge is 0.242 e. The fourth-order valence-corrected chi connectivity index (χ4v) is 4.45. The number of hydrogen-bond acceptors (Lipinski definition) is 3. The third-order valence-corrected chi connectivity index (χ3v) is 5.57. The van der Waals surface area contributed by atoms with Crippen LogP contribution in [0.25, 0.3) is 0 Å². The minimum absolute atomic E-state index is 0.0215. The lowest BCUT2D eigenvalue weighted by Crippen LogP contribution is -2.42. The zero-order valence-corrected chi connectivity index (χ0v) is 13.0. The lowest BCUT2D eigenvalue weighted by Gasteiger charge is -2.29. The molecule has 1 aliphatic rings. The molecule has 1 saturated heterocycles. The molecule has 0 saturated carbocycles. The number of rotatable bonds is 4. The largest absolute Gasteiger partial charge is 0.307 e. The minimum Gasteiger partial charge on any atom is -0.307 e. The Morgan fingerprint density at radius 1 is 1.40 bits per heavy atom. The average molecular weight is 316 g/mol. The van der Waals surface area contributed by atoms with Gasteiger partial charge in [0.05, 0.1) is 17.5 Å². The van der Waals surface area contributed by atoms with E-state index >= 15 is 0 Å². The van der Waals surface area contributed by atoms with E-state index in [1.54, 1.807) is 4.90 Å². The van der Waals surface area contributed by atoms with E-state index in [1.807, 2.05) is 31.2 Å². The van der Waals surface area contributed by atoms with Crippen LogP contribution in [0.15, 0.2) is 24.3 Å². The zero-order valence-electron chi connectivity index (χ0n) is 11.4. The van der Waals surface area contributed by atoms with Crippen molar-refractivity contribution in [2.75, 3.05) is 22.3 Å². The van der Waals surface area contributed by atoms with Crippen molar-refractivity contribution in [3.05, 3.63) is 29.8 Å². The van der Waals surface area contributed by atoms with Crippen LogP contribution in [-0.2, 0) is 21.1 Å². The second-order valence-electron chi connectivity index (χ2n) is 4.94. The third-order valence-electron chi connectivity index (χ3n) is 3.59. The summed E-state index contributed by atoms with van der Waals surface area (Å²) in [5, 5.41) is 0. The van der Waals surface area contributed by atoms with Crippen LogP contribution >= 0.6 is 11.6 Å². The Hall–Kier alpha value is -1.07. The van der Waals surface area contributed by atoms with Crippen LogP contribution in [0, 0.1) is 0 Å². The summed E-state index contributed by atoms with van der Waals surface area (Å²) in [5.74, 6) is -0.227. The van der Waals surface area contributed by atoms with Crippen molar-refractivity contribution in [1.29, 1.82) is 0 Å². The Bertz CT molecular complexity index is 600. The summed E-state index contributed by atoms with van der Waals surface area (Å²) in [6.45, 7) is 2.01. The minimum atomic E-state index is -3.05. The van der Waals surface area contributed by atoms with Crippen molar-refractivity contribution >= 4 is 33.0 Å². The molecule has 1 aromatic carbocycles. The fraction of sp³-hybridized carbons (Fsp3) is 0.500. The number of hydrogen-bond donors (Lipinski definition) is 0. The van der Waals surface area contributed by atoms with Gasteiger partial charge in [-0.3, -0.25) is 4.79 Å². The fourth-order valence-electron chi connectivity index (χ4n) is 2.62. The van der Waals surface area contributed by atoms with Gasteiger partial charge in [-0.2, -0.15) is 0 Å². The van der Waals surface area contributed by atoms with Crippen LogP contribution < -0.4 is 4.90 Å². The molecule has 1 fully saturated rings. The number of nitrogens with zero attached hydrogens (tertiary/aromatic N) is 1. The van der Waals surface area contributed by atoms with E-state index in [9.17, 15) is 13.2 Å². The zero-order chi connectivity index (χ0) is 14.8. The van der Waals surface area contributed by atoms with E-state index in [4.69, 9.17) is 11.6 Å². The van der Waals surface area contributed by atoms with E-state index in [1.165, 1.54) is 0 Å². The topological polar surface area (TPSA) is 54.5 Å². The van der Waals surface area contributed by atoms with Gasteiger partial charge in [0.2, 0.25) is 5.91 Å². The standard InChI is InChI=1S/C14H18ClNO3S/c1-2-11-5-3-4-6-13(11)16(14(17)9-15)12-7-8-20(18,19)10-12/h3-6,12H,2,7-10H2,1H3/t12-/m1/s1. The number of anilines is 1. The molecule has 110 valence electrons. The maximum atomic E-state index is 12.2. The molecule has 20 heavy (non-hydrogen) atoms. The molecule has 1 aromatic rings. The SMILES string of the molecule is CCc1ccccc1N(C(=O)CCl)[C@@H]1CCS(=O)(=O)C1. The lowest BCUT2D eigenvalue weighted by atomic mass is 10.1. The second kappa shape index (κ2) is 6.14. The van der Waals surface area contributed by atoms with Crippen LogP contribution in [0.5, 0.6) is 0 Å². The van der Waals surface area contributed by atoms with Crippen LogP contribution in [0.2, 0.25) is 0 Å². The summed E-state index contributed by atoms with van der Waals surface area (Å²) in [4.78, 5) is 13.8. The Morgan fingerprint density at radius 3 is 2.65 bits per heavy atom. The first-order chi connectivity index (χ1) is 9.48. The molecule has 0 aromatic heterocycles. The van der Waals surface area contributed by atoms with Crippen molar-refractivity contribution in [1.82, 2.24) is 0 Å². The lowest BCUT2D eigenvalue weighted by molar-refractivity contribution is -0.116. The molecule has 0 unspecified atom stereocenters. The van der Waals surface area contributed by atoms with Crippen LogP contribution in [0.1, 0.15) is 18.9 Å². The summed E-state index contributed by atoms with van der Waals surface area (Å²) < 4.78 is 23.3. The van der Waals surface area contributed by atoms with Gasteiger partial charge in [-0.15, -0.1) is 11.6 Å². The van der Waals surface area contributed by atoms with Crippen LogP contribution in [0.4, 0.5) is 5.69 Å². The highest BCUT2D eigenvalue weighted by Gasteiger charge is 2.35. The van der Waals surface area contributed by atoms with E-state index in [-0.39, 0.29) is 29.3 Å². The molecule has 0 aliphatic carbocycles. The summed E-state index contributed by atoms with van der Waals surface area (Å²) in [6, 6.07) is 7.27. The Balaban J connectivity index is 2.41. The number of carbonyl (C=O) groups is 1. The first kappa shape index (κ1) is 15.3. The van der Waals surface area contributed by atoms with Gasteiger partial charge in [-0.25, -0.2) is 8.42 Å². The van der Waals surface area contributed by atoms with Crippen LogP contribution in [-0.4, -0.2) is 37.8 Å². The first-order valence-corrected chi connectivity index (χ1v) is 9.00. The van der Waals surface area contributed by atoms with Gasteiger partial charge in [0, 0.05) is 5.69 Å². The van der Waals surface area contributed by atoms with Gasteiger partial charge in [-0.1, -0.05) is 25.1 Å². The number of para-hydroxylation sites is 1. The van der Waals surface area contributed by atoms with Crippen LogP contribution in [0.3, 0.4) is 0 Å². The van der Waals surface area contributed by atoms with E-state index in [0.717, 1.165) is 17.7 Å². The number of carbonyl (C=O) groups excluding carboxylic acids is 1. The summed E-state index contributed by atoms with van der Waals surface area (Å²) in [7, 11) is -3.05. The number of amides is 1. The molecule has 0 bridgehead atoms. The molecule has 0 spiro atoms. The van der Waals surface area contributed by atoms with E-state index in [0.29, 0.717) is 6.42 Å². The first-order valence-electron chi connectivity index (χ1n) is 6.65.